The van der Waals surface area contributed by atoms with Crippen molar-refractivity contribution in [2.75, 3.05) is 25.5 Å². The lowest BCUT2D eigenvalue weighted by Crippen LogP contribution is -2.46. The highest BCUT2D eigenvalue weighted by atomic mass is 32.1. The third kappa shape index (κ3) is 4.82. The summed E-state index contributed by atoms with van der Waals surface area (Å²) in [4.78, 5) is 36.7. The van der Waals surface area contributed by atoms with Crippen LogP contribution in [0.3, 0.4) is 0 Å². The maximum atomic E-state index is 13.3. The van der Waals surface area contributed by atoms with Crippen LogP contribution in [0.25, 0.3) is 16.2 Å². The van der Waals surface area contributed by atoms with Crippen molar-refractivity contribution in [2.24, 2.45) is 0 Å². The number of hydrogen-bond donors (Lipinski definition) is 2. The molecule has 0 spiro atoms. The second kappa shape index (κ2) is 8.73. The second-order valence-corrected chi connectivity index (χ2v) is 9.64. The van der Waals surface area contributed by atoms with Gasteiger partial charge >= 0.3 is 6.09 Å². The number of amides is 2. The summed E-state index contributed by atoms with van der Waals surface area (Å²) in [6.45, 7) is 7.15. The number of anilines is 1. The van der Waals surface area contributed by atoms with Gasteiger partial charge in [-0.2, -0.15) is 5.10 Å². The van der Waals surface area contributed by atoms with Gasteiger partial charge in [0.25, 0.3) is 5.91 Å². The average molecular weight is 458 g/mol. The standard InChI is InChI=1S/C21H27N7O3S/c1-21(2,3)26-16-11-15(18(29)27-7-5-13(6-8-27)23-20(30)31-4)24-17(25-16)14-12-22-28-9-10-32-19(14)28/h9-13H,5-8H2,1-4H3,(H,23,30)(H,24,25,26). The molecule has 10 nitrogen and oxygen atoms in total. The van der Waals surface area contributed by atoms with Crippen molar-refractivity contribution in [2.45, 2.75) is 45.2 Å². The number of piperidine rings is 1. The van der Waals surface area contributed by atoms with E-state index in [-0.39, 0.29) is 17.5 Å². The average Bonchev–Trinajstić information content (AvgIpc) is 3.36. The summed E-state index contributed by atoms with van der Waals surface area (Å²) in [5.41, 5.74) is 0.880. The predicted molar refractivity (Wildman–Crippen MR) is 122 cm³/mol. The quantitative estimate of drug-likeness (QED) is 0.619. The van der Waals surface area contributed by atoms with Crippen molar-refractivity contribution in [1.82, 2.24) is 29.8 Å². The van der Waals surface area contributed by atoms with E-state index in [9.17, 15) is 9.59 Å². The second-order valence-electron chi connectivity index (χ2n) is 8.75. The van der Waals surface area contributed by atoms with Crippen molar-refractivity contribution in [1.29, 1.82) is 0 Å². The molecule has 1 fully saturated rings. The van der Waals surface area contributed by atoms with Crippen LogP contribution in [-0.4, -0.2) is 68.3 Å². The van der Waals surface area contributed by atoms with Gasteiger partial charge in [-0.05, 0) is 33.6 Å². The van der Waals surface area contributed by atoms with Gasteiger partial charge in [0, 0.05) is 42.3 Å². The Balaban J connectivity index is 1.60. The summed E-state index contributed by atoms with van der Waals surface area (Å²) in [5.74, 6) is 0.892. The van der Waals surface area contributed by atoms with E-state index < -0.39 is 6.09 Å². The van der Waals surface area contributed by atoms with E-state index in [2.05, 4.69) is 30.4 Å². The minimum Gasteiger partial charge on any atom is -0.453 e. The molecule has 0 radical (unpaired) electrons. The Hall–Kier alpha value is -3.21. The minimum atomic E-state index is -0.450. The molecule has 0 saturated carbocycles. The van der Waals surface area contributed by atoms with Gasteiger partial charge in [-0.15, -0.1) is 11.3 Å². The molecule has 1 aliphatic rings. The zero-order valence-electron chi connectivity index (χ0n) is 18.6. The molecule has 3 aromatic heterocycles. The third-order valence-electron chi connectivity index (χ3n) is 5.11. The van der Waals surface area contributed by atoms with Crippen molar-refractivity contribution < 1.29 is 14.3 Å². The summed E-state index contributed by atoms with van der Waals surface area (Å²) in [5, 5.41) is 12.4. The molecule has 3 aromatic rings. The molecule has 1 saturated heterocycles. The Morgan fingerprint density at radius 3 is 2.66 bits per heavy atom. The van der Waals surface area contributed by atoms with Crippen molar-refractivity contribution in [3.8, 4) is 11.4 Å². The molecular formula is C21H27N7O3S. The van der Waals surface area contributed by atoms with Crippen molar-refractivity contribution in [3.63, 3.8) is 0 Å². The maximum absolute atomic E-state index is 13.3. The van der Waals surface area contributed by atoms with Crippen LogP contribution in [0, 0.1) is 0 Å². The molecular weight excluding hydrogens is 430 g/mol. The number of alkyl carbamates (subject to hydrolysis) is 1. The van der Waals surface area contributed by atoms with Gasteiger partial charge in [0.2, 0.25) is 0 Å². The summed E-state index contributed by atoms with van der Waals surface area (Å²) in [6.07, 6.45) is 4.46. The largest absolute Gasteiger partial charge is 0.453 e. The van der Waals surface area contributed by atoms with Gasteiger partial charge in [-0.1, -0.05) is 0 Å². The molecule has 0 atom stereocenters. The molecule has 1 aliphatic heterocycles. The van der Waals surface area contributed by atoms with Gasteiger partial charge in [-0.3, -0.25) is 4.79 Å². The van der Waals surface area contributed by atoms with Gasteiger partial charge in [0.1, 0.15) is 16.3 Å². The number of likely N-dealkylation sites (tertiary alicyclic amines) is 1. The third-order valence-corrected chi connectivity index (χ3v) is 6.00. The number of aromatic nitrogens is 4. The Morgan fingerprint density at radius 1 is 1.22 bits per heavy atom. The number of fused-ring (bicyclic) bond motifs is 1. The fourth-order valence-corrected chi connectivity index (χ4v) is 4.41. The summed E-state index contributed by atoms with van der Waals surface area (Å²) < 4.78 is 6.43. The number of methoxy groups -OCH3 is 1. The van der Waals surface area contributed by atoms with Crippen LogP contribution < -0.4 is 10.6 Å². The number of carbonyl (C=O) groups is 2. The van der Waals surface area contributed by atoms with Gasteiger partial charge in [0.15, 0.2) is 5.82 Å². The fraction of sp³-hybridized carbons (Fsp3) is 0.476. The van der Waals surface area contributed by atoms with Crippen LogP contribution in [-0.2, 0) is 4.74 Å². The highest BCUT2D eigenvalue weighted by molar-refractivity contribution is 7.16. The molecule has 11 heteroatoms. The Kier molecular flexibility index (Phi) is 6.00. The summed E-state index contributed by atoms with van der Waals surface area (Å²) in [6, 6.07) is 1.69. The van der Waals surface area contributed by atoms with Crippen LogP contribution in [0.5, 0.6) is 0 Å². The summed E-state index contributed by atoms with van der Waals surface area (Å²) >= 11 is 1.54. The first kappa shape index (κ1) is 22.0. The van der Waals surface area contributed by atoms with Crippen LogP contribution in [0.1, 0.15) is 44.1 Å². The SMILES string of the molecule is COC(=O)NC1CCN(C(=O)c2cc(NC(C)(C)C)nc(-c3cnn4ccsc34)n2)CC1. The molecule has 0 bridgehead atoms. The first-order chi connectivity index (χ1) is 15.2. The molecule has 0 aromatic carbocycles. The van der Waals surface area contributed by atoms with E-state index in [1.54, 1.807) is 33.0 Å². The molecule has 2 amide bonds. The van der Waals surface area contributed by atoms with Crippen LogP contribution in [0.2, 0.25) is 0 Å². The predicted octanol–water partition coefficient (Wildman–Crippen LogP) is 3.02. The topological polar surface area (TPSA) is 114 Å². The Morgan fingerprint density at radius 2 is 1.97 bits per heavy atom. The lowest BCUT2D eigenvalue weighted by Gasteiger charge is -2.32. The molecule has 0 unspecified atom stereocenters. The Labute approximate surface area is 190 Å². The van der Waals surface area contributed by atoms with E-state index in [0.29, 0.717) is 43.3 Å². The van der Waals surface area contributed by atoms with E-state index in [4.69, 9.17) is 0 Å². The molecule has 4 rings (SSSR count). The lowest BCUT2D eigenvalue weighted by molar-refractivity contribution is 0.0698. The Bertz CT molecular complexity index is 1130. The van der Waals surface area contributed by atoms with Crippen LogP contribution in [0.4, 0.5) is 10.6 Å². The minimum absolute atomic E-state index is 0.00916. The number of nitrogens with one attached hydrogen (secondary N) is 2. The van der Waals surface area contributed by atoms with Crippen molar-refractivity contribution in [3.05, 3.63) is 29.5 Å². The monoisotopic (exact) mass is 457 g/mol. The number of ether oxygens (including phenoxy) is 1. The van der Waals surface area contributed by atoms with Crippen LogP contribution in [0.15, 0.2) is 23.8 Å². The zero-order valence-corrected chi connectivity index (χ0v) is 19.4. The number of hydrogen-bond acceptors (Lipinski definition) is 8. The first-order valence-electron chi connectivity index (χ1n) is 10.5. The normalized spacial score (nSPS) is 15.1. The van der Waals surface area contributed by atoms with E-state index >= 15 is 0 Å². The van der Waals surface area contributed by atoms with Crippen molar-refractivity contribution >= 4 is 34.0 Å². The van der Waals surface area contributed by atoms with Crippen LogP contribution >= 0.6 is 11.3 Å². The fourth-order valence-electron chi connectivity index (χ4n) is 3.62. The first-order valence-corrected chi connectivity index (χ1v) is 11.3. The zero-order chi connectivity index (χ0) is 22.9. The molecule has 170 valence electrons. The summed E-state index contributed by atoms with van der Waals surface area (Å²) in [7, 11) is 1.34. The smallest absolute Gasteiger partial charge is 0.407 e. The van der Waals surface area contributed by atoms with E-state index in [0.717, 1.165) is 10.4 Å². The highest BCUT2D eigenvalue weighted by Crippen LogP contribution is 2.27. The van der Waals surface area contributed by atoms with Gasteiger partial charge in [-0.25, -0.2) is 19.3 Å². The van der Waals surface area contributed by atoms with Gasteiger partial charge in [0.05, 0.1) is 18.9 Å². The number of rotatable bonds is 4. The molecule has 4 heterocycles. The molecule has 0 aliphatic carbocycles. The highest BCUT2D eigenvalue weighted by Gasteiger charge is 2.27. The van der Waals surface area contributed by atoms with E-state index in [1.807, 2.05) is 32.3 Å². The molecule has 32 heavy (non-hydrogen) atoms. The number of carbonyl (C=O) groups excluding carboxylic acids is 2. The maximum Gasteiger partial charge on any atom is 0.407 e. The lowest BCUT2D eigenvalue weighted by atomic mass is 10.0. The molecule has 2 N–H and O–H groups in total. The number of thiazole rings is 1. The van der Waals surface area contributed by atoms with E-state index in [1.165, 1.54) is 7.11 Å². The number of nitrogens with zero attached hydrogens (tertiary/aromatic N) is 5. The van der Waals surface area contributed by atoms with Gasteiger partial charge < -0.3 is 20.3 Å².